The topological polar surface area (TPSA) is 70.2 Å². The Labute approximate surface area is 135 Å². The lowest BCUT2D eigenvalue weighted by molar-refractivity contribution is -0.116. The van der Waals surface area contributed by atoms with Crippen molar-refractivity contribution in [2.75, 3.05) is 16.0 Å². The number of carbonyl (C=O) groups is 2. The summed E-state index contributed by atoms with van der Waals surface area (Å²) in [5, 5.41) is 8.50. The molecule has 23 heavy (non-hydrogen) atoms. The molecule has 0 saturated carbocycles. The summed E-state index contributed by atoms with van der Waals surface area (Å²) in [7, 11) is 0. The molecule has 0 unspecified atom stereocenters. The van der Waals surface area contributed by atoms with Gasteiger partial charge in [0.15, 0.2) is 0 Å². The summed E-state index contributed by atoms with van der Waals surface area (Å²) in [6.07, 6.45) is 2.17. The summed E-state index contributed by atoms with van der Waals surface area (Å²) in [6.45, 7) is 2.00. The molecule has 2 aromatic carbocycles. The fourth-order valence-electron chi connectivity index (χ4n) is 2.58. The van der Waals surface area contributed by atoms with Crippen molar-refractivity contribution in [3.8, 4) is 0 Å². The van der Waals surface area contributed by atoms with Gasteiger partial charge in [-0.05, 0) is 55.7 Å². The molecule has 0 radical (unpaired) electrons. The summed E-state index contributed by atoms with van der Waals surface area (Å²) < 4.78 is 0. The molecular formula is C18H19N3O2. The van der Waals surface area contributed by atoms with Crippen molar-refractivity contribution in [3.05, 3.63) is 53.6 Å². The lowest BCUT2D eigenvalue weighted by Gasteiger charge is -2.11. The summed E-state index contributed by atoms with van der Waals surface area (Å²) in [5.74, 6) is 0.0431. The first-order chi connectivity index (χ1) is 11.1. The highest BCUT2D eigenvalue weighted by Gasteiger charge is 2.13. The van der Waals surface area contributed by atoms with Gasteiger partial charge in [-0.15, -0.1) is 0 Å². The van der Waals surface area contributed by atoms with Crippen LogP contribution in [0, 0.1) is 6.92 Å². The maximum Gasteiger partial charge on any atom is 0.323 e. The number of amides is 3. The van der Waals surface area contributed by atoms with Crippen LogP contribution in [0.2, 0.25) is 0 Å². The zero-order valence-electron chi connectivity index (χ0n) is 13.0. The smallest absolute Gasteiger partial charge is 0.323 e. The maximum atomic E-state index is 12.1. The molecule has 118 valence electrons. The zero-order valence-corrected chi connectivity index (χ0v) is 13.0. The monoisotopic (exact) mass is 309 g/mol. The Kier molecular flexibility index (Phi) is 4.28. The van der Waals surface area contributed by atoms with E-state index >= 15 is 0 Å². The fourth-order valence-corrected chi connectivity index (χ4v) is 2.58. The van der Waals surface area contributed by atoms with Crippen molar-refractivity contribution in [1.29, 1.82) is 0 Å². The second-order valence-electron chi connectivity index (χ2n) is 5.72. The highest BCUT2D eigenvalue weighted by molar-refractivity contribution is 6.00. The molecule has 0 fully saturated rings. The molecule has 2 aromatic rings. The first-order valence-corrected chi connectivity index (χ1v) is 7.67. The molecule has 3 N–H and O–H groups in total. The number of benzene rings is 2. The van der Waals surface area contributed by atoms with E-state index in [0.717, 1.165) is 35.3 Å². The lowest BCUT2D eigenvalue weighted by Crippen LogP contribution is -2.19. The molecule has 0 atom stereocenters. The summed E-state index contributed by atoms with van der Waals surface area (Å²) in [6, 6.07) is 12.9. The van der Waals surface area contributed by atoms with Crippen molar-refractivity contribution in [2.45, 2.75) is 26.2 Å². The summed E-state index contributed by atoms with van der Waals surface area (Å²) in [5.41, 5.74) is 4.48. The maximum absolute atomic E-state index is 12.1. The minimum atomic E-state index is -0.286. The summed E-state index contributed by atoms with van der Waals surface area (Å²) in [4.78, 5) is 23.6. The Morgan fingerprint density at radius 2 is 1.70 bits per heavy atom. The number of carbonyl (C=O) groups excluding carboxylic acids is 2. The van der Waals surface area contributed by atoms with Crippen molar-refractivity contribution < 1.29 is 9.59 Å². The van der Waals surface area contributed by atoms with E-state index in [1.165, 1.54) is 0 Å². The molecule has 1 aliphatic rings. The van der Waals surface area contributed by atoms with Crippen LogP contribution in [-0.2, 0) is 11.2 Å². The van der Waals surface area contributed by atoms with Crippen LogP contribution >= 0.6 is 0 Å². The van der Waals surface area contributed by atoms with E-state index in [-0.39, 0.29) is 11.9 Å². The average molecular weight is 309 g/mol. The van der Waals surface area contributed by atoms with Gasteiger partial charge in [0.1, 0.15) is 0 Å². The third-order valence-corrected chi connectivity index (χ3v) is 3.80. The van der Waals surface area contributed by atoms with Crippen LogP contribution in [0.3, 0.4) is 0 Å². The molecule has 5 nitrogen and oxygen atoms in total. The summed E-state index contributed by atoms with van der Waals surface area (Å²) >= 11 is 0. The van der Waals surface area contributed by atoms with Crippen LogP contribution in [0.1, 0.15) is 24.0 Å². The van der Waals surface area contributed by atoms with Crippen LogP contribution < -0.4 is 16.0 Å². The lowest BCUT2D eigenvalue weighted by atomic mass is 10.1. The number of fused-ring (bicyclic) bond motifs is 1. The first kappa shape index (κ1) is 15.1. The number of anilines is 3. The SMILES string of the molecule is Cc1ccc(NC(=O)Nc2ccc3c(c2)CCCC(=O)N3)cc1. The van der Waals surface area contributed by atoms with Gasteiger partial charge in [-0.3, -0.25) is 4.79 Å². The minimum absolute atomic E-state index is 0.0431. The van der Waals surface area contributed by atoms with E-state index in [9.17, 15) is 9.59 Å². The quantitative estimate of drug-likeness (QED) is 0.787. The van der Waals surface area contributed by atoms with Gasteiger partial charge < -0.3 is 16.0 Å². The van der Waals surface area contributed by atoms with Gasteiger partial charge in [-0.2, -0.15) is 0 Å². The van der Waals surface area contributed by atoms with E-state index in [0.29, 0.717) is 12.1 Å². The Hall–Kier alpha value is -2.82. The van der Waals surface area contributed by atoms with Gasteiger partial charge in [0, 0.05) is 23.5 Å². The van der Waals surface area contributed by atoms with Gasteiger partial charge in [0.25, 0.3) is 0 Å². The van der Waals surface area contributed by atoms with Gasteiger partial charge >= 0.3 is 6.03 Å². The van der Waals surface area contributed by atoms with Crippen LogP contribution in [0.25, 0.3) is 0 Å². The predicted molar refractivity (Wildman–Crippen MR) is 91.8 cm³/mol. The van der Waals surface area contributed by atoms with Crippen molar-refractivity contribution in [3.63, 3.8) is 0 Å². The van der Waals surface area contributed by atoms with Gasteiger partial charge in [-0.25, -0.2) is 4.79 Å². The third kappa shape index (κ3) is 3.88. The zero-order chi connectivity index (χ0) is 16.2. The average Bonchev–Trinajstić information content (AvgIpc) is 2.70. The van der Waals surface area contributed by atoms with Crippen molar-refractivity contribution in [2.24, 2.45) is 0 Å². The molecular weight excluding hydrogens is 290 g/mol. The van der Waals surface area contributed by atoms with Crippen LogP contribution in [0.4, 0.5) is 21.9 Å². The molecule has 0 spiro atoms. The van der Waals surface area contributed by atoms with E-state index in [2.05, 4.69) is 16.0 Å². The standard InChI is InChI=1S/C18H19N3O2/c1-12-5-7-14(8-6-12)19-18(23)20-15-9-10-16-13(11-15)3-2-4-17(22)21-16/h5-11H,2-4H2,1H3,(H,21,22)(H2,19,20,23). The van der Waals surface area contributed by atoms with Gasteiger partial charge in [0.05, 0.1) is 0 Å². The highest BCUT2D eigenvalue weighted by Crippen LogP contribution is 2.25. The molecule has 0 saturated heterocycles. The highest BCUT2D eigenvalue weighted by atomic mass is 16.2. The Bertz CT molecular complexity index is 738. The van der Waals surface area contributed by atoms with E-state index in [4.69, 9.17) is 0 Å². The molecule has 3 rings (SSSR count). The molecule has 3 amide bonds. The molecule has 1 aliphatic heterocycles. The van der Waals surface area contributed by atoms with Crippen LogP contribution in [0.15, 0.2) is 42.5 Å². The van der Waals surface area contributed by atoms with Gasteiger partial charge in [-0.1, -0.05) is 17.7 Å². The van der Waals surface area contributed by atoms with Gasteiger partial charge in [0.2, 0.25) is 5.91 Å². The molecule has 5 heteroatoms. The Morgan fingerprint density at radius 3 is 2.48 bits per heavy atom. The van der Waals surface area contributed by atoms with Crippen LogP contribution in [0.5, 0.6) is 0 Å². The first-order valence-electron chi connectivity index (χ1n) is 7.67. The largest absolute Gasteiger partial charge is 0.326 e. The number of nitrogens with one attached hydrogen (secondary N) is 3. The van der Waals surface area contributed by atoms with E-state index in [1.807, 2.05) is 43.3 Å². The van der Waals surface area contributed by atoms with Crippen molar-refractivity contribution in [1.82, 2.24) is 0 Å². The Morgan fingerprint density at radius 1 is 1.00 bits per heavy atom. The number of hydrogen-bond acceptors (Lipinski definition) is 2. The number of urea groups is 1. The fraction of sp³-hybridized carbons (Fsp3) is 0.222. The molecule has 1 heterocycles. The second-order valence-corrected chi connectivity index (χ2v) is 5.72. The Balaban J connectivity index is 1.68. The number of rotatable bonds is 2. The normalized spacial score (nSPS) is 13.5. The van der Waals surface area contributed by atoms with E-state index in [1.54, 1.807) is 6.07 Å². The number of aryl methyl sites for hydroxylation is 2. The molecule has 0 bridgehead atoms. The van der Waals surface area contributed by atoms with Crippen molar-refractivity contribution >= 4 is 29.0 Å². The van der Waals surface area contributed by atoms with E-state index < -0.39 is 0 Å². The minimum Gasteiger partial charge on any atom is -0.326 e. The predicted octanol–water partition coefficient (Wildman–Crippen LogP) is 3.91. The second kappa shape index (κ2) is 6.52. The van der Waals surface area contributed by atoms with Crippen LogP contribution in [-0.4, -0.2) is 11.9 Å². The molecule has 0 aromatic heterocycles. The number of hydrogen-bond donors (Lipinski definition) is 3. The third-order valence-electron chi connectivity index (χ3n) is 3.80. The molecule has 0 aliphatic carbocycles.